The van der Waals surface area contributed by atoms with Crippen molar-refractivity contribution in [3.05, 3.63) is 0 Å². The average molecular weight is 210 g/mol. The van der Waals surface area contributed by atoms with Crippen LogP contribution in [-0.2, 0) is 4.79 Å². The first-order valence-corrected chi connectivity index (χ1v) is 6.20. The maximum Gasteiger partial charge on any atom is 0.224 e. The summed E-state index contributed by atoms with van der Waals surface area (Å²) in [4.78, 5) is 13.4. The van der Waals surface area contributed by atoms with Gasteiger partial charge in [0.2, 0.25) is 5.91 Å². The second kappa shape index (κ2) is 4.22. The molecule has 2 unspecified atom stereocenters. The van der Waals surface area contributed by atoms with E-state index in [1.807, 2.05) is 16.7 Å². The van der Waals surface area contributed by atoms with Crippen molar-refractivity contribution in [2.45, 2.75) is 12.8 Å². The van der Waals surface area contributed by atoms with Gasteiger partial charge in [-0.25, -0.2) is 0 Å². The van der Waals surface area contributed by atoms with E-state index in [1.165, 1.54) is 17.9 Å². The minimum Gasteiger partial charge on any atom is -0.341 e. The van der Waals surface area contributed by atoms with Crippen LogP contribution in [-0.4, -0.2) is 35.4 Å². The molecule has 3 nitrogen and oxygen atoms in total. The van der Waals surface area contributed by atoms with E-state index in [0.717, 1.165) is 6.54 Å². The fraction of sp³-hybridized carbons (Fsp3) is 0.800. The summed E-state index contributed by atoms with van der Waals surface area (Å²) in [5.41, 5.74) is 0. The molecule has 0 N–H and O–H groups in total. The number of carbonyl (C=O) groups is 1. The third-order valence-corrected chi connectivity index (χ3v) is 4.13. The molecule has 2 fully saturated rings. The first-order valence-electron chi connectivity index (χ1n) is 5.04. The first-order chi connectivity index (χ1) is 6.79. The Balaban J connectivity index is 1.86. The number of likely N-dealkylation sites (tertiary alicyclic amines) is 1. The van der Waals surface area contributed by atoms with E-state index in [4.69, 9.17) is 5.26 Å². The highest BCUT2D eigenvalue weighted by molar-refractivity contribution is 7.99. The number of rotatable bonds is 2. The Morgan fingerprint density at radius 3 is 3.07 bits per heavy atom. The average Bonchev–Trinajstić information content (AvgIpc) is 2.78. The Hall–Kier alpha value is -0.690. The molecular weight excluding hydrogens is 196 g/mol. The minimum atomic E-state index is -0.0587. The van der Waals surface area contributed by atoms with Gasteiger partial charge >= 0.3 is 0 Å². The molecule has 2 aliphatic rings. The molecule has 0 aromatic rings. The topological polar surface area (TPSA) is 44.1 Å². The van der Waals surface area contributed by atoms with Gasteiger partial charge < -0.3 is 4.90 Å². The van der Waals surface area contributed by atoms with E-state index in [0.29, 0.717) is 18.9 Å². The van der Waals surface area contributed by atoms with Gasteiger partial charge in [-0.1, -0.05) is 0 Å². The zero-order valence-corrected chi connectivity index (χ0v) is 8.92. The maximum absolute atomic E-state index is 11.5. The number of nitriles is 1. The van der Waals surface area contributed by atoms with E-state index in [-0.39, 0.29) is 11.8 Å². The predicted molar refractivity (Wildman–Crippen MR) is 55.7 cm³/mol. The van der Waals surface area contributed by atoms with Crippen molar-refractivity contribution >= 4 is 17.7 Å². The number of thioether (sulfide) groups is 1. The summed E-state index contributed by atoms with van der Waals surface area (Å²) in [6, 6.07) is 2.18. The van der Waals surface area contributed by atoms with Gasteiger partial charge in [-0.3, -0.25) is 4.79 Å². The summed E-state index contributed by atoms with van der Waals surface area (Å²) in [6.45, 7) is 1.54. The Morgan fingerprint density at radius 1 is 1.64 bits per heavy atom. The third-order valence-electron chi connectivity index (χ3n) is 2.90. The molecule has 0 radical (unpaired) electrons. The predicted octanol–water partition coefficient (Wildman–Crippen LogP) is 1.11. The smallest absolute Gasteiger partial charge is 0.224 e. The Kier molecular flexibility index (Phi) is 2.97. The normalized spacial score (nSPS) is 32.2. The lowest BCUT2D eigenvalue weighted by atomic mass is 10.1. The monoisotopic (exact) mass is 210 g/mol. The van der Waals surface area contributed by atoms with Crippen LogP contribution in [0.1, 0.15) is 12.8 Å². The molecular formula is C10H14N2OS. The molecule has 0 aliphatic carbocycles. The van der Waals surface area contributed by atoms with E-state index >= 15 is 0 Å². The maximum atomic E-state index is 11.5. The fourth-order valence-electron chi connectivity index (χ4n) is 2.07. The Bertz CT molecular complexity index is 268. The van der Waals surface area contributed by atoms with Crippen molar-refractivity contribution in [1.29, 1.82) is 5.26 Å². The summed E-state index contributed by atoms with van der Waals surface area (Å²) >= 11 is 1.97. The van der Waals surface area contributed by atoms with Gasteiger partial charge in [-0.05, 0) is 23.8 Å². The summed E-state index contributed by atoms with van der Waals surface area (Å²) < 4.78 is 0. The van der Waals surface area contributed by atoms with Crippen LogP contribution in [0.4, 0.5) is 0 Å². The highest BCUT2D eigenvalue weighted by atomic mass is 32.2. The van der Waals surface area contributed by atoms with Crippen LogP contribution in [0.2, 0.25) is 0 Å². The molecule has 1 amide bonds. The van der Waals surface area contributed by atoms with E-state index < -0.39 is 0 Å². The molecule has 2 heterocycles. The lowest BCUT2D eigenvalue weighted by molar-refractivity contribution is -0.128. The molecule has 76 valence electrons. The first kappa shape index (κ1) is 9.85. The minimum absolute atomic E-state index is 0.0587. The van der Waals surface area contributed by atoms with Gasteiger partial charge in [0.1, 0.15) is 0 Å². The van der Waals surface area contributed by atoms with Gasteiger partial charge in [0.25, 0.3) is 0 Å². The van der Waals surface area contributed by atoms with Crippen molar-refractivity contribution in [2.75, 3.05) is 24.6 Å². The van der Waals surface area contributed by atoms with Crippen molar-refractivity contribution in [3.8, 4) is 6.07 Å². The number of nitrogens with zero attached hydrogens (tertiary/aromatic N) is 2. The van der Waals surface area contributed by atoms with Crippen LogP contribution in [0, 0.1) is 23.2 Å². The molecule has 2 saturated heterocycles. The van der Waals surface area contributed by atoms with Crippen LogP contribution in [0.3, 0.4) is 0 Å². The zero-order valence-electron chi connectivity index (χ0n) is 8.11. The molecule has 0 bridgehead atoms. The summed E-state index contributed by atoms with van der Waals surface area (Å²) in [7, 11) is 0. The zero-order chi connectivity index (χ0) is 9.97. The number of carbonyl (C=O) groups excluding carboxylic acids is 1. The van der Waals surface area contributed by atoms with Gasteiger partial charge in [-0.15, -0.1) is 0 Å². The van der Waals surface area contributed by atoms with Crippen LogP contribution >= 0.6 is 11.8 Å². The lowest BCUT2D eigenvalue weighted by Gasteiger charge is -2.19. The van der Waals surface area contributed by atoms with Crippen molar-refractivity contribution in [3.63, 3.8) is 0 Å². The molecule has 14 heavy (non-hydrogen) atoms. The number of amides is 1. The van der Waals surface area contributed by atoms with Gasteiger partial charge in [0, 0.05) is 19.5 Å². The van der Waals surface area contributed by atoms with Crippen molar-refractivity contribution in [2.24, 2.45) is 11.8 Å². The second-order valence-corrected chi connectivity index (χ2v) is 5.21. The van der Waals surface area contributed by atoms with Gasteiger partial charge in [0.05, 0.1) is 12.0 Å². The molecule has 2 aliphatic heterocycles. The molecule has 0 saturated carbocycles. The standard InChI is InChI=1S/C10H14N2OS/c11-4-9-3-10(13)12(6-9)5-8-1-2-14-7-8/h8-9H,1-3,5-7H2. The SMILES string of the molecule is N#CC1CC(=O)N(CC2CCSC2)C1. The van der Waals surface area contributed by atoms with Crippen LogP contribution in [0.5, 0.6) is 0 Å². The van der Waals surface area contributed by atoms with Crippen molar-refractivity contribution < 1.29 is 4.79 Å². The Labute approximate surface area is 88.4 Å². The summed E-state index contributed by atoms with van der Waals surface area (Å²) in [5.74, 6) is 3.20. The molecule has 0 spiro atoms. The van der Waals surface area contributed by atoms with Crippen LogP contribution < -0.4 is 0 Å². The third kappa shape index (κ3) is 2.03. The Morgan fingerprint density at radius 2 is 2.50 bits per heavy atom. The van der Waals surface area contributed by atoms with Gasteiger partial charge in [-0.2, -0.15) is 17.0 Å². The van der Waals surface area contributed by atoms with Crippen LogP contribution in [0.15, 0.2) is 0 Å². The largest absolute Gasteiger partial charge is 0.341 e. The highest BCUT2D eigenvalue weighted by Crippen LogP contribution is 2.26. The molecule has 0 aromatic heterocycles. The van der Waals surface area contributed by atoms with E-state index in [1.54, 1.807) is 0 Å². The van der Waals surface area contributed by atoms with Crippen LogP contribution in [0.25, 0.3) is 0 Å². The lowest BCUT2D eigenvalue weighted by Crippen LogP contribution is -2.30. The summed E-state index contributed by atoms with van der Waals surface area (Å²) in [5, 5.41) is 8.73. The summed E-state index contributed by atoms with van der Waals surface area (Å²) in [6.07, 6.45) is 1.67. The molecule has 2 rings (SSSR count). The quantitative estimate of drug-likeness (QED) is 0.686. The fourth-order valence-corrected chi connectivity index (χ4v) is 3.35. The highest BCUT2D eigenvalue weighted by Gasteiger charge is 2.31. The number of hydrogen-bond acceptors (Lipinski definition) is 3. The van der Waals surface area contributed by atoms with E-state index in [2.05, 4.69) is 6.07 Å². The van der Waals surface area contributed by atoms with E-state index in [9.17, 15) is 4.79 Å². The molecule has 0 aromatic carbocycles. The number of hydrogen-bond donors (Lipinski definition) is 0. The second-order valence-electron chi connectivity index (χ2n) is 4.06. The molecule has 2 atom stereocenters. The van der Waals surface area contributed by atoms with Crippen molar-refractivity contribution in [1.82, 2.24) is 4.90 Å². The molecule has 4 heteroatoms. The van der Waals surface area contributed by atoms with Gasteiger partial charge in [0.15, 0.2) is 0 Å².